The first-order valence-corrected chi connectivity index (χ1v) is 8.44. The number of aryl methyl sites for hydroxylation is 1. The number of aromatic carboxylic acids is 2. The summed E-state index contributed by atoms with van der Waals surface area (Å²) in [4.78, 5) is 21.1. The van der Waals surface area contributed by atoms with Gasteiger partial charge in [-0.15, -0.1) is 5.10 Å². The average Bonchev–Trinajstić information content (AvgIpc) is 3.16. The van der Waals surface area contributed by atoms with Crippen molar-refractivity contribution in [3.63, 3.8) is 0 Å². The summed E-state index contributed by atoms with van der Waals surface area (Å²) in [6, 6.07) is 14.4. The van der Waals surface area contributed by atoms with Gasteiger partial charge in [0.2, 0.25) is 5.88 Å². The lowest BCUT2D eigenvalue weighted by molar-refractivity contribution is -0.154. The van der Waals surface area contributed by atoms with Crippen molar-refractivity contribution in [2.24, 2.45) is 0 Å². The van der Waals surface area contributed by atoms with Crippen molar-refractivity contribution in [2.45, 2.75) is 13.1 Å². The molecule has 0 spiro atoms. The zero-order valence-corrected chi connectivity index (χ0v) is 15.6. The fourth-order valence-electron chi connectivity index (χ4n) is 2.25. The first kappa shape index (κ1) is 22.5. The molecule has 0 saturated carbocycles. The predicted octanol–water partition coefficient (Wildman–Crippen LogP) is 4.20. The van der Waals surface area contributed by atoms with Crippen LogP contribution < -0.4 is 4.74 Å². The molecule has 0 saturated heterocycles. The number of halogens is 3. The molecular formula is C20H17F3N2O5. The number of carbonyl (C=O) groups is 2. The van der Waals surface area contributed by atoms with Crippen LogP contribution >= 0.6 is 0 Å². The maximum Gasteiger partial charge on any atom is 0.422 e. The van der Waals surface area contributed by atoms with E-state index in [4.69, 9.17) is 10.2 Å². The molecule has 0 atom stereocenters. The fourth-order valence-corrected chi connectivity index (χ4v) is 2.25. The molecular weight excluding hydrogens is 405 g/mol. The van der Waals surface area contributed by atoms with Crippen molar-refractivity contribution in [3.05, 3.63) is 77.5 Å². The van der Waals surface area contributed by atoms with Crippen molar-refractivity contribution in [2.75, 3.05) is 6.61 Å². The zero-order valence-electron chi connectivity index (χ0n) is 15.6. The van der Waals surface area contributed by atoms with Gasteiger partial charge in [0, 0.05) is 12.3 Å². The van der Waals surface area contributed by atoms with Crippen molar-refractivity contribution >= 4 is 11.9 Å². The second kappa shape index (κ2) is 9.59. The Kier molecular flexibility index (Phi) is 7.18. The first-order chi connectivity index (χ1) is 14.1. The lowest BCUT2D eigenvalue weighted by Crippen LogP contribution is -2.19. The number of rotatable bonds is 5. The summed E-state index contributed by atoms with van der Waals surface area (Å²) >= 11 is 0. The Morgan fingerprint density at radius 3 is 2.27 bits per heavy atom. The topological polar surface area (TPSA) is 102 Å². The highest BCUT2D eigenvalue weighted by Crippen LogP contribution is 2.18. The van der Waals surface area contributed by atoms with Gasteiger partial charge >= 0.3 is 18.1 Å². The van der Waals surface area contributed by atoms with Crippen LogP contribution in [0.3, 0.4) is 0 Å². The van der Waals surface area contributed by atoms with Crippen molar-refractivity contribution < 1.29 is 37.7 Å². The number of para-hydroxylation sites is 1. The van der Waals surface area contributed by atoms with E-state index in [-0.39, 0.29) is 17.0 Å². The van der Waals surface area contributed by atoms with E-state index in [1.54, 1.807) is 25.3 Å². The van der Waals surface area contributed by atoms with Crippen molar-refractivity contribution in [1.29, 1.82) is 0 Å². The number of carboxylic acid groups (broad SMARTS) is 2. The molecule has 1 heterocycles. The Bertz CT molecular complexity index is 1020. The van der Waals surface area contributed by atoms with Gasteiger partial charge in [0.25, 0.3) is 0 Å². The molecule has 2 aromatic carbocycles. The number of ether oxygens (including phenoxy) is 1. The summed E-state index contributed by atoms with van der Waals surface area (Å²) in [5.41, 5.74) is 1.33. The number of carboxylic acids is 2. The summed E-state index contributed by atoms with van der Waals surface area (Å²) in [7, 11) is 0. The molecule has 2 N–H and O–H groups in total. The average molecular weight is 422 g/mol. The lowest BCUT2D eigenvalue weighted by Gasteiger charge is -2.06. The Hall–Kier alpha value is -3.82. The molecule has 30 heavy (non-hydrogen) atoms. The summed E-state index contributed by atoms with van der Waals surface area (Å²) in [5.74, 6) is -2.28. The van der Waals surface area contributed by atoms with E-state index in [1.807, 2.05) is 18.2 Å². The molecule has 0 bridgehead atoms. The molecule has 0 aliphatic carbocycles. The minimum Gasteiger partial charge on any atom is -0.478 e. The van der Waals surface area contributed by atoms with Crippen LogP contribution in [0.25, 0.3) is 5.69 Å². The Morgan fingerprint density at radius 1 is 1.03 bits per heavy atom. The molecule has 0 aliphatic rings. The minimum absolute atomic E-state index is 0.0111. The van der Waals surface area contributed by atoms with Crippen LogP contribution in [0.2, 0.25) is 0 Å². The Balaban J connectivity index is 0.000000222. The van der Waals surface area contributed by atoms with Gasteiger partial charge < -0.3 is 14.9 Å². The molecule has 0 aliphatic heterocycles. The molecule has 0 radical (unpaired) electrons. The van der Waals surface area contributed by atoms with Gasteiger partial charge in [-0.1, -0.05) is 24.3 Å². The summed E-state index contributed by atoms with van der Waals surface area (Å²) in [6.45, 7) is 0.286. The summed E-state index contributed by atoms with van der Waals surface area (Å²) in [5, 5.41) is 21.1. The van der Waals surface area contributed by atoms with Gasteiger partial charge in [0.05, 0.1) is 16.8 Å². The predicted molar refractivity (Wildman–Crippen MR) is 100 cm³/mol. The highest BCUT2D eigenvalue weighted by atomic mass is 19.4. The zero-order chi connectivity index (χ0) is 22.3. The number of hydrogen-bond donors (Lipinski definition) is 2. The molecule has 10 heteroatoms. The number of nitrogens with zero attached hydrogens (tertiary/aromatic N) is 2. The van der Waals surface area contributed by atoms with Gasteiger partial charge in [-0.3, -0.25) is 0 Å². The second-order valence-electron chi connectivity index (χ2n) is 5.98. The third-order valence-corrected chi connectivity index (χ3v) is 3.68. The summed E-state index contributed by atoms with van der Waals surface area (Å²) < 4.78 is 41.7. The monoisotopic (exact) mass is 422 g/mol. The van der Waals surface area contributed by atoms with E-state index < -0.39 is 24.7 Å². The number of aromatic nitrogens is 2. The maximum absolute atomic E-state index is 11.9. The van der Waals surface area contributed by atoms with Crippen LogP contribution in [0, 0.1) is 6.92 Å². The van der Waals surface area contributed by atoms with Crippen LogP contribution in [0.15, 0.2) is 60.8 Å². The molecule has 0 unspecified atom stereocenters. The quantitative estimate of drug-likeness (QED) is 0.639. The molecule has 7 nitrogen and oxygen atoms in total. The summed E-state index contributed by atoms with van der Waals surface area (Å²) in [6.07, 6.45) is -2.81. The molecule has 0 fully saturated rings. The van der Waals surface area contributed by atoms with E-state index in [2.05, 4.69) is 9.84 Å². The third kappa shape index (κ3) is 6.66. The van der Waals surface area contributed by atoms with Crippen LogP contribution in [0.4, 0.5) is 13.2 Å². The Labute approximate surface area is 169 Å². The van der Waals surface area contributed by atoms with Crippen molar-refractivity contribution in [1.82, 2.24) is 9.78 Å². The minimum atomic E-state index is -4.35. The largest absolute Gasteiger partial charge is 0.478 e. The standard InChI is InChI=1S/C11H9F3N2O.C9H8O4/c12-11(13,14)8-17-10-6-7-16(15-10)9-4-2-1-3-5-9;1-5-2-3-6(8(10)11)4-7(5)9(12)13/h1-7H,8H2;2-4H,1H3,(H,10,11)(H,12,13). The highest BCUT2D eigenvalue weighted by Gasteiger charge is 2.28. The van der Waals surface area contributed by atoms with Gasteiger partial charge in [-0.05, 0) is 36.8 Å². The smallest absolute Gasteiger partial charge is 0.422 e. The maximum atomic E-state index is 11.9. The third-order valence-electron chi connectivity index (χ3n) is 3.68. The highest BCUT2D eigenvalue weighted by molar-refractivity contribution is 5.94. The lowest BCUT2D eigenvalue weighted by atomic mass is 10.1. The fraction of sp³-hybridized carbons (Fsp3) is 0.150. The molecule has 0 amide bonds. The number of benzene rings is 2. The molecule has 158 valence electrons. The van der Waals surface area contributed by atoms with E-state index in [0.717, 1.165) is 11.8 Å². The van der Waals surface area contributed by atoms with Crippen molar-refractivity contribution in [3.8, 4) is 11.6 Å². The number of hydrogen-bond acceptors (Lipinski definition) is 4. The Morgan fingerprint density at radius 2 is 1.70 bits per heavy atom. The van der Waals surface area contributed by atoms with Crippen LogP contribution in [-0.4, -0.2) is 44.7 Å². The molecule has 3 rings (SSSR count). The van der Waals surface area contributed by atoms with Crippen LogP contribution in [-0.2, 0) is 0 Å². The first-order valence-electron chi connectivity index (χ1n) is 8.44. The normalized spacial score (nSPS) is 10.7. The van der Waals surface area contributed by atoms with Gasteiger partial charge in [0.1, 0.15) is 0 Å². The molecule has 3 aromatic rings. The van der Waals surface area contributed by atoms with Crippen LogP contribution in [0.1, 0.15) is 26.3 Å². The number of alkyl halides is 3. The van der Waals surface area contributed by atoms with E-state index in [1.165, 1.54) is 22.9 Å². The van der Waals surface area contributed by atoms with Crippen LogP contribution in [0.5, 0.6) is 5.88 Å². The molecule has 1 aromatic heterocycles. The van der Waals surface area contributed by atoms with E-state index in [9.17, 15) is 22.8 Å². The van der Waals surface area contributed by atoms with Gasteiger partial charge in [-0.2, -0.15) is 13.2 Å². The van der Waals surface area contributed by atoms with Gasteiger partial charge in [0.15, 0.2) is 6.61 Å². The van der Waals surface area contributed by atoms with Gasteiger partial charge in [-0.25, -0.2) is 14.3 Å². The van der Waals surface area contributed by atoms with E-state index in [0.29, 0.717) is 5.56 Å². The SMILES string of the molecule is Cc1ccc(C(=O)O)cc1C(=O)O.FC(F)(F)COc1ccn(-c2ccccc2)n1. The second-order valence-corrected chi connectivity index (χ2v) is 5.98. The van der Waals surface area contributed by atoms with E-state index >= 15 is 0 Å².